The first-order valence-electron chi connectivity index (χ1n) is 13.6. The number of rotatable bonds is 8. The lowest BCUT2D eigenvalue weighted by molar-refractivity contribution is -0.137. The molecule has 4 N–H and O–H groups in total. The second-order valence-electron chi connectivity index (χ2n) is 10.2. The first-order chi connectivity index (χ1) is 19.8. The molecular weight excluding hydrogens is 557 g/mol. The van der Waals surface area contributed by atoms with Crippen LogP contribution in [0.3, 0.4) is 0 Å². The van der Waals surface area contributed by atoms with Gasteiger partial charge in [0.05, 0.1) is 29.6 Å². The van der Waals surface area contributed by atoms with Gasteiger partial charge in [-0.15, -0.1) is 0 Å². The summed E-state index contributed by atoms with van der Waals surface area (Å²) in [5.74, 6) is 0.604. The Morgan fingerprint density at radius 3 is 2.50 bits per heavy atom. The molecule has 1 fully saturated rings. The highest BCUT2D eigenvalue weighted by Gasteiger charge is 2.36. The number of alkyl halides is 3. The fourth-order valence-corrected chi connectivity index (χ4v) is 4.87. The van der Waals surface area contributed by atoms with E-state index in [0.29, 0.717) is 66.4 Å². The monoisotopic (exact) mass is 592 g/mol. The van der Waals surface area contributed by atoms with Crippen LogP contribution in [0.4, 0.5) is 23.8 Å². The van der Waals surface area contributed by atoms with Gasteiger partial charge >= 0.3 is 12.3 Å². The Morgan fingerprint density at radius 1 is 1.24 bits per heavy atom. The van der Waals surface area contributed by atoms with Gasteiger partial charge in [0.1, 0.15) is 23.4 Å². The summed E-state index contributed by atoms with van der Waals surface area (Å²) in [4.78, 5) is 22.7. The molecule has 1 amide bonds. The van der Waals surface area contributed by atoms with Crippen molar-refractivity contribution < 1.29 is 37.1 Å². The Bertz CT molecular complexity index is 1400. The lowest BCUT2D eigenvalue weighted by Gasteiger charge is -2.32. The minimum absolute atomic E-state index is 0.0192. The predicted octanol–water partition coefficient (Wildman–Crippen LogP) is 4.82. The van der Waals surface area contributed by atoms with Crippen molar-refractivity contribution in [3.05, 3.63) is 40.8 Å². The van der Waals surface area contributed by atoms with Crippen molar-refractivity contribution in [3.8, 4) is 28.4 Å². The second-order valence-corrected chi connectivity index (χ2v) is 10.2. The highest BCUT2D eigenvalue weighted by atomic mass is 19.4. The number of halogens is 3. The predicted molar refractivity (Wildman–Crippen MR) is 148 cm³/mol. The van der Waals surface area contributed by atoms with Crippen LogP contribution in [0.1, 0.15) is 48.8 Å². The number of hydrogen-bond donors (Lipinski definition) is 3. The average Bonchev–Trinajstić information content (AvgIpc) is 3.30. The first-order valence-corrected chi connectivity index (χ1v) is 13.6. The van der Waals surface area contributed by atoms with E-state index in [1.54, 1.807) is 32.6 Å². The van der Waals surface area contributed by atoms with Crippen molar-refractivity contribution >= 4 is 11.9 Å². The van der Waals surface area contributed by atoms with E-state index in [-0.39, 0.29) is 23.2 Å². The number of methoxy groups -OCH3 is 1. The van der Waals surface area contributed by atoms with Crippen LogP contribution in [0.25, 0.3) is 22.6 Å². The molecule has 2 aromatic heterocycles. The number of carbonyl (C=O) groups is 1. The number of aromatic nitrogens is 3. The summed E-state index contributed by atoms with van der Waals surface area (Å²) in [5, 5.41) is 17.4. The van der Waals surface area contributed by atoms with Crippen LogP contribution < -0.4 is 15.8 Å². The number of likely N-dealkylation sites (tertiary alicyclic amines) is 1. The van der Waals surface area contributed by atoms with E-state index in [2.05, 4.69) is 20.4 Å². The van der Waals surface area contributed by atoms with E-state index < -0.39 is 30.2 Å². The number of carbonyl (C=O) groups excluding carboxylic acids is 1. The molecule has 3 heterocycles. The molecule has 228 valence electrons. The third-order valence-corrected chi connectivity index (χ3v) is 7.29. The topological polar surface area (TPSA) is 149 Å². The first kappa shape index (κ1) is 31.0. The maximum atomic E-state index is 14.3. The van der Waals surface area contributed by atoms with E-state index in [0.717, 1.165) is 12.1 Å². The van der Waals surface area contributed by atoms with E-state index in [1.165, 1.54) is 13.2 Å². The second kappa shape index (κ2) is 12.5. The number of anilines is 1. The molecule has 0 radical (unpaired) electrons. The number of aliphatic hydroxyl groups is 1. The third-order valence-electron chi connectivity index (χ3n) is 7.29. The Morgan fingerprint density at radius 2 is 1.93 bits per heavy atom. The van der Waals surface area contributed by atoms with Gasteiger partial charge in [-0.1, -0.05) is 12.1 Å². The lowest BCUT2D eigenvalue weighted by atomic mass is 10.0. The van der Waals surface area contributed by atoms with Crippen molar-refractivity contribution in [1.82, 2.24) is 20.0 Å². The van der Waals surface area contributed by atoms with Crippen molar-refractivity contribution in [1.29, 1.82) is 0 Å². The average molecular weight is 593 g/mol. The molecule has 0 spiro atoms. The minimum atomic E-state index is -4.73. The number of aryl methyl sites for hydroxylation is 2. The van der Waals surface area contributed by atoms with Crippen LogP contribution in [-0.4, -0.2) is 69.8 Å². The quantitative estimate of drug-likeness (QED) is 0.311. The molecule has 1 aliphatic heterocycles. The Kier molecular flexibility index (Phi) is 9.26. The van der Waals surface area contributed by atoms with E-state index in [9.17, 15) is 23.1 Å². The maximum absolute atomic E-state index is 14.3. The van der Waals surface area contributed by atoms with Crippen molar-refractivity contribution in [3.63, 3.8) is 0 Å². The molecule has 1 saturated heterocycles. The van der Waals surface area contributed by atoms with E-state index in [4.69, 9.17) is 19.7 Å². The number of benzene rings is 1. The van der Waals surface area contributed by atoms with Gasteiger partial charge in [0.15, 0.2) is 12.1 Å². The molecular formula is C28H35F3N6O5. The number of nitrogens with two attached hydrogens (primary N) is 1. The highest BCUT2D eigenvalue weighted by molar-refractivity contribution is 5.76. The van der Waals surface area contributed by atoms with Gasteiger partial charge in [0.2, 0.25) is 0 Å². The molecule has 11 nitrogen and oxygen atoms in total. The molecule has 14 heteroatoms. The maximum Gasteiger partial charge on any atom is 0.417 e. The number of amides is 1. The summed E-state index contributed by atoms with van der Waals surface area (Å²) >= 11 is 0. The fourth-order valence-electron chi connectivity index (χ4n) is 4.87. The summed E-state index contributed by atoms with van der Waals surface area (Å²) in [7, 11) is 1.32. The molecule has 2 atom stereocenters. The van der Waals surface area contributed by atoms with Gasteiger partial charge < -0.3 is 29.3 Å². The zero-order valence-corrected chi connectivity index (χ0v) is 24.1. The van der Waals surface area contributed by atoms with Crippen LogP contribution in [-0.2, 0) is 10.9 Å². The lowest BCUT2D eigenvalue weighted by Crippen LogP contribution is -2.42. The standard InChI is InChI=1S/C28H35F3N6O5/c1-6-21(38)24(32)41-18-7-8-20(28(29,30)31)19(13-18)26-34-23(22-15(3)36-42-16(22)4)14(2)25(35-26)33-17-9-11-37(12-10-17)27(39)40-5/h7-8,13,17,21,24,38H,6,9-12,32H2,1-5H3,(H,33,34,35). The fraction of sp³-hybridized carbons (Fsp3) is 0.500. The number of hydrogen-bond acceptors (Lipinski definition) is 10. The molecule has 1 aromatic carbocycles. The normalized spacial score (nSPS) is 15.8. The van der Waals surface area contributed by atoms with Crippen LogP contribution in [0.5, 0.6) is 5.75 Å². The van der Waals surface area contributed by atoms with Gasteiger partial charge in [0.25, 0.3) is 0 Å². The van der Waals surface area contributed by atoms with Gasteiger partial charge in [0, 0.05) is 30.3 Å². The zero-order valence-electron chi connectivity index (χ0n) is 24.1. The van der Waals surface area contributed by atoms with Crippen molar-refractivity contribution in [2.45, 2.75) is 71.5 Å². The van der Waals surface area contributed by atoms with E-state index >= 15 is 0 Å². The minimum Gasteiger partial charge on any atom is -0.473 e. The molecule has 4 rings (SSSR count). The number of nitrogens with zero attached hydrogens (tertiary/aromatic N) is 4. The molecule has 0 bridgehead atoms. The highest BCUT2D eigenvalue weighted by Crippen LogP contribution is 2.40. The Hall–Kier alpha value is -3.91. The molecule has 0 saturated carbocycles. The summed E-state index contributed by atoms with van der Waals surface area (Å²) in [6, 6.07) is 3.08. The zero-order chi connectivity index (χ0) is 30.8. The van der Waals surface area contributed by atoms with Crippen molar-refractivity contribution in [2.24, 2.45) is 5.73 Å². The van der Waals surface area contributed by atoms with Crippen LogP contribution in [0.2, 0.25) is 0 Å². The number of piperidine rings is 1. The van der Waals surface area contributed by atoms with Gasteiger partial charge in [-0.2, -0.15) is 13.2 Å². The third kappa shape index (κ3) is 6.59. The molecule has 42 heavy (non-hydrogen) atoms. The number of aliphatic hydroxyl groups excluding tert-OH is 1. The van der Waals surface area contributed by atoms with Gasteiger partial charge in [-0.3, -0.25) is 5.73 Å². The summed E-state index contributed by atoms with van der Waals surface area (Å²) in [6.07, 6.45) is -5.87. The van der Waals surface area contributed by atoms with Gasteiger partial charge in [-0.25, -0.2) is 14.8 Å². The van der Waals surface area contributed by atoms with Gasteiger partial charge in [-0.05, 0) is 58.2 Å². The Balaban J connectivity index is 1.82. The largest absolute Gasteiger partial charge is 0.473 e. The summed E-state index contributed by atoms with van der Waals surface area (Å²) < 4.78 is 58.5. The summed E-state index contributed by atoms with van der Waals surface area (Å²) in [6.45, 7) is 7.78. The molecule has 1 aliphatic rings. The van der Waals surface area contributed by atoms with E-state index in [1.807, 2.05) is 0 Å². The summed E-state index contributed by atoms with van der Waals surface area (Å²) in [5.41, 5.74) is 6.63. The van der Waals surface area contributed by atoms with Crippen LogP contribution >= 0.6 is 0 Å². The molecule has 3 aromatic rings. The smallest absolute Gasteiger partial charge is 0.417 e. The van der Waals surface area contributed by atoms with Crippen LogP contribution in [0, 0.1) is 20.8 Å². The molecule has 2 unspecified atom stereocenters. The Labute approximate surface area is 241 Å². The van der Waals surface area contributed by atoms with Crippen molar-refractivity contribution in [2.75, 3.05) is 25.5 Å². The molecule has 0 aliphatic carbocycles. The SMILES string of the molecule is CCC(O)C(N)Oc1ccc(C(F)(F)F)c(-c2nc(NC3CCN(C(=O)OC)CC3)c(C)c(-c3c(C)noc3C)n2)c1. The number of ether oxygens (including phenoxy) is 2. The van der Waals surface area contributed by atoms with Crippen LogP contribution in [0.15, 0.2) is 22.7 Å². The number of nitrogens with one attached hydrogen (secondary N) is 1.